The second kappa shape index (κ2) is 7.44. The van der Waals surface area contributed by atoms with Crippen molar-refractivity contribution in [3.05, 3.63) is 47.2 Å². The van der Waals surface area contributed by atoms with E-state index in [1.54, 1.807) is 0 Å². The molecule has 0 atom stereocenters. The van der Waals surface area contributed by atoms with Gasteiger partial charge in [0.1, 0.15) is 11.5 Å². The highest BCUT2D eigenvalue weighted by Gasteiger charge is 2.07. The van der Waals surface area contributed by atoms with Crippen LogP contribution in [0.1, 0.15) is 5.76 Å². The Balaban J connectivity index is 0.00000162. The Hall–Kier alpha value is -1.00. The second-order valence-electron chi connectivity index (χ2n) is 3.65. The molecule has 0 aliphatic carbocycles. The maximum atomic E-state index is 8.65. The molecule has 5 heteroatoms. The molecule has 98 valence electrons. The van der Waals surface area contributed by atoms with E-state index in [9.17, 15) is 0 Å². The highest BCUT2D eigenvalue weighted by Crippen LogP contribution is 2.28. The van der Waals surface area contributed by atoms with Crippen molar-refractivity contribution >= 4 is 24.0 Å². The average Bonchev–Trinajstić information content (AvgIpc) is 2.79. The fourth-order valence-corrected chi connectivity index (χ4v) is 1.80. The number of aliphatic hydroxyl groups excluding tert-OH is 1. The molecule has 0 amide bonds. The summed E-state index contributed by atoms with van der Waals surface area (Å²) in [6.45, 7) is 1.28. The lowest BCUT2D eigenvalue weighted by atomic mass is 10.2. The van der Waals surface area contributed by atoms with Gasteiger partial charge in [0, 0.05) is 12.1 Å². The van der Waals surface area contributed by atoms with Crippen molar-refractivity contribution in [1.82, 2.24) is 5.32 Å². The minimum atomic E-state index is 0. The van der Waals surface area contributed by atoms with E-state index < -0.39 is 0 Å². The summed E-state index contributed by atoms with van der Waals surface area (Å²) < 4.78 is 5.67. The third-order valence-electron chi connectivity index (χ3n) is 2.39. The van der Waals surface area contributed by atoms with Crippen LogP contribution in [0.2, 0.25) is 5.02 Å². The maximum Gasteiger partial charge on any atom is 0.135 e. The monoisotopic (exact) mass is 287 g/mol. The first-order chi connectivity index (χ1) is 8.31. The zero-order valence-corrected chi connectivity index (χ0v) is 11.3. The maximum absolute atomic E-state index is 8.65. The van der Waals surface area contributed by atoms with Crippen LogP contribution >= 0.6 is 24.0 Å². The van der Waals surface area contributed by atoms with Crippen molar-refractivity contribution in [3.8, 4) is 11.3 Å². The number of hydrogen-bond acceptors (Lipinski definition) is 3. The van der Waals surface area contributed by atoms with Crippen LogP contribution in [-0.2, 0) is 6.54 Å². The van der Waals surface area contributed by atoms with E-state index in [0.717, 1.165) is 17.1 Å². The molecule has 18 heavy (non-hydrogen) atoms. The lowest BCUT2D eigenvalue weighted by molar-refractivity contribution is 0.290. The highest BCUT2D eigenvalue weighted by molar-refractivity contribution is 6.33. The minimum absolute atomic E-state index is 0. The molecule has 0 saturated carbocycles. The van der Waals surface area contributed by atoms with Crippen molar-refractivity contribution in [1.29, 1.82) is 0 Å². The minimum Gasteiger partial charge on any atom is -0.460 e. The molecule has 2 aromatic rings. The van der Waals surface area contributed by atoms with Gasteiger partial charge in [0.2, 0.25) is 0 Å². The van der Waals surface area contributed by atoms with Gasteiger partial charge < -0.3 is 14.8 Å². The van der Waals surface area contributed by atoms with Gasteiger partial charge in [-0.15, -0.1) is 12.4 Å². The van der Waals surface area contributed by atoms with Crippen LogP contribution in [0.15, 0.2) is 40.8 Å². The van der Waals surface area contributed by atoms with Crippen molar-refractivity contribution in [2.45, 2.75) is 6.54 Å². The number of aliphatic hydroxyl groups is 1. The molecule has 0 spiro atoms. The Morgan fingerprint density at radius 3 is 2.67 bits per heavy atom. The van der Waals surface area contributed by atoms with Crippen LogP contribution < -0.4 is 5.32 Å². The van der Waals surface area contributed by atoms with E-state index in [0.29, 0.717) is 18.1 Å². The summed E-state index contributed by atoms with van der Waals surface area (Å²) in [5.41, 5.74) is 0.891. The van der Waals surface area contributed by atoms with Gasteiger partial charge in [0.15, 0.2) is 0 Å². The Morgan fingerprint density at radius 2 is 1.94 bits per heavy atom. The van der Waals surface area contributed by atoms with Gasteiger partial charge in [-0.05, 0) is 24.3 Å². The molecule has 2 N–H and O–H groups in total. The van der Waals surface area contributed by atoms with Gasteiger partial charge in [-0.2, -0.15) is 0 Å². The van der Waals surface area contributed by atoms with Crippen molar-refractivity contribution in [2.24, 2.45) is 0 Å². The summed E-state index contributed by atoms with van der Waals surface area (Å²) in [5.74, 6) is 1.59. The molecule has 0 bridgehead atoms. The van der Waals surface area contributed by atoms with E-state index in [1.807, 2.05) is 36.4 Å². The van der Waals surface area contributed by atoms with Crippen LogP contribution in [0, 0.1) is 0 Å². The van der Waals surface area contributed by atoms with Crippen molar-refractivity contribution in [2.75, 3.05) is 13.2 Å². The Kier molecular flexibility index (Phi) is 6.22. The quantitative estimate of drug-likeness (QED) is 0.831. The fourth-order valence-electron chi connectivity index (χ4n) is 1.57. The van der Waals surface area contributed by atoms with Gasteiger partial charge in [-0.3, -0.25) is 0 Å². The summed E-state index contributed by atoms with van der Waals surface area (Å²) in [7, 11) is 0. The van der Waals surface area contributed by atoms with Crippen LogP contribution in [0.3, 0.4) is 0 Å². The third kappa shape index (κ3) is 3.75. The fraction of sp³-hybridized carbons (Fsp3) is 0.231. The van der Waals surface area contributed by atoms with Gasteiger partial charge in [-0.25, -0.2) is 0 Å². The Morgan fingerprint density at radius 1 is 1.17 bits per heavy atom. The average molecular weight is 288 g/mol. The van der Waals surface area contributed by atoms with E-state index in [4.69, 9.17) is 21.1 Å². The predicted octanol–water partition coefficient (Wildman–Crippen LogP) is 3.10. The largest absolute Gasteiger partial charge is 0.460 e. The Bertz CT molecular complexity index is 485. The molecule has 2 rings (SSSR count). The predicted molar refractivity (Wildman–Crippen MR) is 75.2 cm³/mol. The van der Waals surface area contributed by atoms with E-state index in [2.05, 4.69) is 5.32 Å². The molecule has 0 aliphatic rings. The molecular weight excluding hydrogens is 273 g/mol. The summed E-state index contributed by atoms with van der Waals surface area (Å²) in [6.07, 6.45) is 0. The Labute approximate surface area is 117 Å². The second-order valence-corrected chi connectivity index (χ2v) is 4.05. The number of rotatable bonds is 5. The zero-order valence-electron chi connectivity index (χ0n) is 9.73. The highest BCUT2D eigenvalue weighted by atomic mass is 35.5. The molecule has 0 fully saturated rings. The number of hydrogen-bond donors (Lipinski definition) is 2. The lowest BCUT2D eigenvalue weighted by Gasteiger charge is -2.01. The lowest BCUT2D eigenvalue weighted by Crippen LogP contribution is -2.16. The van der Waals surface area contributed by atoms with Gasteiger partial charge in [-0.1, -0.05) is 23.7 Å². The van der Waals surface area contributed by atoms with E-state index in [1.165, 1.54) is 0 Å². The first-order valence-electron chi connectivity index (χ1n) is 5.46. The summed E-state index contributed by atoms with van der Waals surface area (Å²) in [6, 6.07) is 11.4. The first-order valence-corrected chi connectivity index (χ1v) is 5.84. The number of furan rings is 1. The zero-order chi connectivity index (χ0) is 12.1. The van der Waals surface area contributed by atoms with Crippen LogP contribution in [0.25, 0.3) is 11.3 Å². The van der Waals surface area contributed by atoms with Gasteiger partial charge >= 0.3 is 0 Å². The summed E-state index contributed by atoms with van der Waals surface area (Å²) in [4.78, 5) is 0. The van der Waals surface area contributed by atoms with Crippen molar-refractivity contribution < 1.29 is 9.52 Å². The van der Waals surface area contributed by atoms with Gasteiger partial charge in [0.25, 0.3) is 0 Å². The third-order valence-corrected chi connectivity index (χ3v) is 2.72. The summed E-state index contributed by atoms with van der Waals surface area (Å²) >= 11 is 6.09. The molecule has 1 aromatic carbocycles. The molecule has 1 heterocycles. The topological polar surface area (TPSA) is 45.4 Å². The molecule has 0 radical (unpaired) electrons. The SMILES string of the molecule is Cl.OCCNCc1ccc(-c2ccccc2Cl)o1. The number of halogens is 2. The summed E-state index contributed by atoms with van der Waals surface area (Å²) in [5, 5.41) is 12.4. The van der Waals surface area contributed by atoms with E-state index in [-0.39, 0.29) is 19.0 Å². The molecule has 0 aliphatic heterocycles. The van der Waals surface area contributed by atoms with E-state index >= 15 is 0 Å². The standard InChI is InChI=1S/C13H14ClNO2.ClH/c14-12-4-2-1-3-11(12)13-6-5-10(17-13)9-15-7-8-16;/h1-6,15-16H,7-9H2;1H. The van der Waals surface area contributed by atoms with Crippen LogP contribution in [-0.4, -0.2) is 18.3 Å². The molecule has 0 unspecified atom stereocenters. The molecule has 3 nitrogen and oxygen atoms in total. The van der Waals surface area contributed by atoms with Crippen LogP contribution in [0.4, 0.5) is 0 Å². The molecular formula is C13H15Cl2NO2. The number of nitrogens with one attached hydrogen (secondary N) is 1. The first kappa shape index (κ1) is 15.1. The van der Waals surface area contributed by atoms with Crippen molar-refractivity contribution in [3.63, 3.8) is 0 Å². The smallest absolute Gasteiger partial charge is 0.135 e. The molecule has 1 aromatic heterocycles. The molecule has 0 saturated heterocycles. The van der Waals surface area contributed by atoms with Gasteiger partial charge in [0.05, 0.1) is 18.2 Å². The van der Waals surface area contributed by atoms with Crippen LogP contribution in [0.5, 0.6) is 0 Å². The number of benzene rings is 1. The normalized spacial score (nSPS) is 10.1.